The highest BCUT2D eigenvalue weighted by Gasteiger charge is 2.29. The van der Waals surface area contributed by atoms with Gasteiger partial charge in [-0.15, -0.1) is 0 Å². The predicted octanol–water partition coefficient (Wildman–Crippen LogP) is 0.701. The summed E-state index contributed by atoms with van der Waals surface area (Å²) in [5.41, 5.74) is 0.985. The molecule has 1 aromatic rings. The molecular formula is C11H11N3O3. The van der Waals surface area contributed by atoms with E-state index in [4.69, 9.17) is 0 Å². The van der Waals surface area contributed by atoms with Gasteiger partial charge in [-0.1, -0.05) is 6.07 Å². The molecule has 1 fully saturated rings. The second-order valence-corrected chi connectivity index (χ2v) is 3.62. The molecule has 1 saturated heterocycles. The largest absolute Gasteiger partial charge is 0.329 e. The summed E-state index contributed by atoms with van der Waals surface area (Å²) >= 11 is 0. The smallest absolute Gasteiger partial charge is 0.328 e. The van der Waals surface area contributed by atoms with Gasteiger partial charge in [0, 0.05) is 12.6 Å². The van der Waals surface area contributed by atoms with Gasteiger partial charge in [0.2, 0.25) is 5.91 Å². The van der Waals surface area contributed by atoms with Crippen molar-refractivity contribution in [3.05, 3.63) is 24.3 Å². The van der Waals surface area contributed by atoms with E-state index in [2.05, 4.69) is 10.6 Å². The number of carbonyl (C=O) groups excluding carboxylic acids is 3. The first-order valence-electron chi connectivity index (χ1n) is 5.06. The van der Waals surface area contributed by atoms with Gasteiger partial charge in [-0.25, -0.2) is 9.69 Å². The summed E-state index contributed by atoms with van der Waals surface area (Å²) in [4.78, 5) is 34.8. The molecule has 1 aromatic carbocycles. The fraction of sp³-hybridized carbons (Fsp3) is 0.182. The van der Waals surface area contributed by atoms with E-state index in [1.165, 1.54) is 6.92 Å². The predicted molar refractivity (Wildman–Crippen MR) is 61.6 cm³/mol. The molecule has 0 aromatic heterocycles. The molecule has 2 N–H and O–H groups in total. The van der Waals surface area contributed by atoms with Crippen LogP contribution in [0.15, 0.2) is 24.3 Å². The zero-order chi connectivity index (χ0) is 12.4. The van der Waals surface area contributed by atoms with E-state index in [-0.39, 0.29) is 18.4 Å². The second kappa shape index (κ2) is 4.25. The molecule has 0 bridgehead atoms. The maximum absolute atomic E-state index is 11.5. The fourth-order valence-electron chi connectivity index (χ4n) is 1.61. The number of nitrogens with zero attached hydrogens (tertiary/aromatic N) is 1. The molecule has 6 nitrogen and oxygen atoms in total. The summed E-state index contributed by atoms with van der Waals surface area (Å²) in [6.45, 7) is 1.39. The van der Waals surface area contributed by atoms with Crippen LogP contribution in [0.4, 0.5) is 16.2 Å². The van der Waals surface area contributed by atoms with Crippen molar-refractivity contribution in [3.63, 3.8) is 0 Å². The Balaban J connectivity index is 2.29. The molecule has 0 spiro atoms. The summed E-state index contributed by atoms with van der Waals surface area (Å²) in [6.07, 6.45) is 0. The fourth-order valence-corrected chi connectivity index (χ4v) is 1.61. The lowest BCUT2D eigenvalue weighted by molar-refractivity contribution is -0.116. The van der Waals surface area contributed by atoms with Crippen LogP contribution in [0, 0.1) is 0 Å². The Labute approximate surface area is 97.6 Å². The molecule has 4 amide bonds. The zero-order valence-corrected chi connectivity index (χ0v) is 9.19. The van der Waals surface area contributed by atoms with E-state index in [1.807, 2.05) is 0 Å². The number of benzene rings is 1. The van der Waals surface area contributed by atoms with Gasteiger partial charge in [0.15, 0.2) is 0 Å². The highest BCUT2D eigenvalue weighted by Crippen LogP contribution is 2.21. The molecule has 0 unspecified atom stereocenters. The molecule has 1 aliphatic heterocycles. The topological polar surface area (TPSA) is 78.5 Å². The number of hydrogen-bond acceptors (Lipinski definition) is 3. The van der Waals surface area contributed by atoms with Crippen LogP contribution in [0.2, 0.25) is 0 Å². The van der Waals surface area contributed by atoms with Crippen LogP contribution in [0.5, 0.6) is 0 Å². The molecule has 0 atom stereocenters. The lowest BCUT2D eigenvalue weighted by atomic mass is 10.2. The molecule has 1 heterocycles. The van der Waals surface area contributed by atoms with Gasteiger partial charge in [-0.3, -0.25) is 9.59 Å². The third-order valence-electron chi connectivity index (χ3n) is 2.27. The highest BCUT2D eigenvalue weighted by molar-refractivity contribution is 6.20. The average Bonchev–Trinajstić information content (AvgIpc) is 2.58. The average molecular weight is 233 g/mol. The maximum Gasteiger partial charge on any atom is 0.329 e. The van der Waals surface area contributed by atoms with Crippen LogP contribution >= 0.6 is 0 Å². The Morgan fingerprint density at radius 1 is 1.41 bits per heavy atom. The van der Waals surface area contributed by atoms with Crippen LogP contribution in [-0.4, -0.2) is 24.4 Å². The van der Waals surface area contributed by atoms with Crippen molar-refractivity contribution in [1.29, 1.82) is 0 Å². The molecular weight excluding hydrogens is 222 g/mol. The molecule has 17 heavy (non-hydrogen) atoms. The zero-order valence-electron chi connectivity index (χ0n) is 9.19. The van der Waals surface area contributed by atoms with Crippen LogP contribution in [0.1, 0.15) is 6.92 Å². The van der Waals surface area contributed by atoms with E-state index in [9.17, 15) is 14.4 Å². The van der Waals surface area contributed by atoms with E-state index >= 15 is 0 Å². The van der Waals surface area contributed by atoms with E-state index in [0.717, 1.165) is 4.90 Å². The van der Waals surface area contributed by atoms with Crippen molar-refractivity contribution in [2.24, 2.45) is 0 Å². The van der Waals surface area contributed by atoms with Crippen molar-refractivity contribution in [2.75, 3.05) is 16.8 Å². The Bertz CT molecular complexity index is 482. The summed E-state index contributed by atoms with van der Waals surface area (Å²) < 4.78 is 0. The normalized spacial score (nSPS) is 14.8. The summed E-state index contributed by atoms with van der Waals surface area (Å²) in [5, 5.41) is 5.02. The monoisotopic (exact) mass is 233 g/mol. The van der Waals surface area contributed by atoms with Gasteiger partial charge < -0.3 is 10.6 Å². The van der Waals surface area contributed by atoms with Gasteiger partial charge in [0.25, 0.3) is 5.91 Å². The quantitative estimate of drug-likeness (QED) is 0.738. The number of carbonyl (C=O) groups is 3. The number of anilines is 2. The van der Waals surface area contributed by atoms with Gasteiger partial charge >= 0.3 is 6.03 Å². The summed E-state index contributed by atoms with van der Waals surface area (Å²) in [6, 6.07) is 6.11. The van der Waals surface area contributed by atoms with Crippen molar-refractivity contribution >= 4 is 29.2 Å². The molecule has 1 aliphatic rings. The lowest BCUT2D eigenvalue weighted by Crippen LogP contribution is -2.30. The summed E-state index contributed by atoms with van der Waals surface area (Å²) in [7, 11) is 0. The molecule has 88 valence electrons. The number of urea groups is 1. The molecule has 0 radical (unpaired) electrons. The van der Waals surface area contributed by atoms with Crippen LogP contribution in [0.25, 0.3) is 0 Å². The lowest BCUT2D eigenvalue weighted by Gasteiger charge is -2.13. The minimum absolute atomic E-state index is 0.00317. The van der Waals surface area contributed by atoms with Crippen LogP contribution < -0.4 is 15.5 Å². The van der Waals surface area contributed by atoms with E-state index < -0.39 is 6.03 Å². The van der Waals surface area contributed by atoms with Gasteiger partial charge in [0.05, 0.1) is 12.2 Å². The molecule has 0 aliphatic carbocycles. The number of rotatable bonds is 2. The first-order valence-corrected chi connectivity index (χ1v) is 5.06. The Kier molecular flexibility index (Phi) is 2.78. The van der Waals surface area contributed by atoms with Gasteiger partial charge in [0.1, 0.15) is 0 Å². The third-order valence-corrected chi connectivity index (χ3v) is 2.27. The minimum Gasteiger partial charge on any atom is -0.328 e. The minimum atomic E-state index is -0.449. The maximum atomic E-state index is 11.5. The van der Waals surface area contributed by atoms with Crippen molar-refractivity contribution < 1.29 is 14.4 Å². The SMILES string of the molecule is CC(=O)Nc1cccc(N2C(=O)CNC2=O)c1. The first-order chi connectivity index (χ1) is 8.08. The standard InChI is InChI=1S/C11H11N3O3/c1-7(15)13-8-3-2-4-9(5-8)14-10(16)6-12-11(14)17/h2-5H,6H2,1H3,(H,12,17)(H,13,15). The van der Waals surface area contributed by atoms with Crippen molar-refractivity contribution in [1.82, 2.24) is 5.32 Å². The van der Waals surface area contributed by atoms with Crippen LogP contribution in [0.3, 0.4) is 0 Å². The number of hydrogen-bond donors (Lipinski definition) is 2. The number of nitrogens with one attached hydrogen (secondary N) is 2. The molecule has 0 saturated carbocycles. The van der Waals surface area contributed by atoms with Crippen molar-refractivity contribution in [2.45, 2.75) is 6.92 Å². The van der Waals surface area contributed by atoms with E-state index in [1.54, 1.807) is 24.3 Å². The molecule has 6 heteroatoms. The highest BCUT2D eigenvalue weighted by atomic mass is 16.2. The van der Waals surface area contributed by atoms with Crippen molar-refractivity contribution in [3.8, 4) is 0 Å². The Morgan fingerprint density at radius 2 is 2.18 bits per heavy atom. The van der Waals surface area contributed by atoms with Gasteiger partial charge in [-0.05, 0) is 18.2 Å². The second-order valence-electron chi connectivity index (χ2n) is 3.62. The third kappa shape index (κ3) is 2.25. The Hall–Kier alpha value is -2.37. The number of imide groups is 1. The number of amides is 4. The van der Waals surface area contributed by atoms with Gasteiger partial charge in [-0.2, -0.15) is 0 Å². The van der Waals surface area contributed by atoms with Crippen LogP contribution in [-0.2, 0) is 9.59 Å². The Morgan fingerprint density at radius 3 is 2.76 bits per heavy atom. The van der Waals surface area contributed by atoms with E-state index in [0.29, 0.717) is 11.4 Å². The summed E-state index contributed by atoms with van der Waals surface area (Å²) in [5.74, 6) is -0.519. The first kappa shape index (κ1) is 11.1. The molecule has 2 rings (SSSR count).